The zero-order valence-corrected chi connectivity index (χ0v) is 11.1. The predicted octanol–water partition coefficient (Wildman–Crippen LogP) is 0.677. The predicted molar refractivity (Wildman–Crippen MR) is 67.8 cm³/mol. The molecule has 0 aromatic heterocycles. The summed E-state index contributed by atoms with van der Waals surface area (Å²) in [5.74, 6) is -0.375. The minimum absolute atomic E-state index is 0.00610. The molecule has 2 N–H and O–H groups in total. The summed E-state index contributed by atoms with van der Waals surface area (Å²) < 4.78 is -0.660. The van der Waals surface area contributed by atoms with E-state index in [1.54, 1.807) is 0 Å². The van der Waals surface area contributed by atoms with Crippen LogP contribution in [0.4, 0.5) is 0 Å². The SMILES string of the molecule is CCC(C)C(NC=O)C(=O)N[N+]1([O-])CCCCC1. The quantitative estimate of drug-likeness (QED) is 0.417. The molecular formula is C12H23N3O3. The van der Waals surface area contributed by atoms with Gasteiger partial charge in [-0.1, -0.05) is 20.3 Å². The van der Waals surface area contributed by atoms with E-state index in [0.29, 0.717) is 19.5 Å². The van der Waals surface area contributed by atoms with Crippen molar-refractivity contribution in [1.82, 2.24) is 10.7 Å². The number of amides is 2. The molecule has 104 valence electrons. The van der Waals surface area contributed by atoms with Crippen LogP contribution in [-0.2, 0) is 9.59 Å². The van der Waals surface area contributed by atoms with Crippen molar-refractivity contribution in [2.75, 3.05) is 13.1 Å². The number of carbonyl (C=O) groups excluding carboxylic acids is 2. The maximum atomic E-state index is 12.2. The van der Waals surface area contributed by atoms with Crippen molar-refractivity contribution in [3.05, 3.63) is 5.21 Å². The van der Waals surface area contributed by atoms with Crippen LogP contribution in [0.1, 0.15) is 39.5 Å². The van der Waals surface area contributed by atoms with Crippen molar-refractivity contribution in [2.24, 2.45) is 5.92 Å². The maximum Gasteiger partial charge on any atom is 0.288 e. The van der Waals surface area contributed by atoms with Gasteiger partial charge in [0.05, 0.1) is 0 Å². The van der Waals surface area contributed by atoms with E-state index in [1.807, 2.05) is 13.8 Å². The van der Waals surface area contributed by atoms with E-state index in [4.69, 9.17) is 0 Å². The van der Waals surface area contributed by atoms with Crippen molar-refractivity contribution >= 4 is 12.3 Å². The normalized spacial score (nSPS) is 21.7. The van der Waals surface area contributed by atoms with E-state index in [-0.39, 0.29) is 11.8 Å². The fraction of sp³-hybridized carbons (Fsp3) is 0.833. The van der Waals surface area contributed by atoms with Crippen LogP contribution in [0, 0.1) is 11.1 Å². The summed E-state index contributed by atoms with van der Waals surface area (Å²) in [5.41, 5.74) is 2.52. The van der Waals surface area contributed by atoms with Gasteiger partial charge >= 0.3 is 0 Å². The summed E-state index contributed by atoms with van der Waals surface area (Å²) in [6, 6.07) is -0.627. The average molecular weight is 257 g/mol. The van der Waals surface area contributed by atoms with Crippen molar-refractivity contribution < 1.29 is 14.3 Å². The van der Waals surface area contributed by atoms with Crippen molar-refractivity contribution in [3.8, 4) is 0 Å². The van der Waals surface area contributed by atoms with E-state index in [2.05, 4.69) is 10.7 Å². The smallest absolute Gasteiger partial charge is 0.288 e. The second kappa shape index (κ2) is 6.70. The molecule has 1 fully saturated rings. The van der Waals surface area contributed by atoms with E-state index in [9.17, 15) is 14.8 Å². The van der Waals surface area contributed by atoms with E-state index in [0.717, 1.165) is 25.7 Å². The molecule has 0 aromatic rings. The Balaban J connectivity index is 2.62. The molecule has 0 radical (unpaired) electrons. The minimum atomic E-state index is -0.660. The summed E-state index contributed by atoms with van der Waals surface area (Å²) in [7, 11) is 0. The van der Waals surface area contributed by atoms with Gasteiger partial charge in [0.15, 0.2) is 0 Å². The molecule has 0 aromatic carbocycles. The Morgan fingerprint density at radius 1 is 1.39 bits per heavy atom. The molecule has 0 spiro atoms. The molecule has 1 aliphatic rings. The van der Waals surface area contributed by atoms with Crippen LogP contribution < -0.4 is 10.7 Å². The van der Waals surface area contributed by atoms with E-state index in [1.165, 1.54) is 0 Å². The highest BCUT2D eigenvalue weighted by atomic mass is 16.6. The van der Waals surface area contributed by atoms with Crippen molar-refractivity contribution in [1.29, 1.82) is 0 Å². The molecule has 6 nitrogen and oxygen atoms in total. The van der Waals surface area contributed by atoms with Gasteiger partial charge in [0, 0.05) is 0 Å². The Morgan fingerprint density at radius 2 is 2.00 bits per heavy atom. The van der Waals surface area contributed by atoms with Gasteiger partial charge in [0.2, 0.25) is 6.41 Å². The number of hydroxylamine groups is 2. The van der Waals surface area contributed by atoms with Crippen LogP contribution in [0.5, 0.6) is 0 Å². The molecule has 2 atom stereocenters. The van der Waals surface area contributed by atoms with Gasteiger partial charge in [-0.15, -0.1) is 0 Å². The third kappa shape index (κ3) is 3.96. The van der Waals surface area contributed by atoms with Crippen LogP contribution in [-0.4, -0.2) is 36.2 Å². The Hall–Kier alpha value is -1.14. The summed E-state index contributed by atoms with van der Waals surface area (Å²) in [6.07, 6.45) is 3.98. The summed E-state index contributed by atoms with van der Waals surface area (Å²) in [6.45, 7) is 4.66. The van der Waals surface area contributed by atoms with E-state index >= 15 is 0 Å². The lowest BCUT2D eigenvalue weighted by Gasteiger charge is -2.44. The molecule has 0 bridgehead atoms. The number of quaternary nitrogens is 1. The lowest BCUT2D eigenvalue weighted by atomic mass is 9.99. The Kier molecular flexibility index (Phi) is 5.55. The molecule has 1 aliphatic heterocycles. The number of hydrogen-bond donors (Lipinski definition) is 2. The molecule has 2 unspecified atom stereocenters. The first-order valence-electron chi connectivity index (χ1n) is 6.62. The number of piperidine rings is 1. The zero-order chi connectivity index (χ0) is 13.6. The first-order valence-corrected chi connectivity index (χ1v) is 6.62. The molecule has 1 heterocycles. The molecule has 2 amide bonds. The van der Waals surface area contributed by atoms with Gasteiger partial charge in [-0.05, 0) is 25.2 Å². The van der Waals surface area contributed by atoms with Gasteiger partial charge in [-0.25, -0.2) is 0 Å². The molecule has 1 rings (SSSR count). The van der Waals surface area contributed by atoms with Crippen LogP contribution in [0.25, 0.3) is 0 Å². The second-order valence-corrected chi connectivity index (χ2v) is 5.02. The van der Waals surface area contributed by atoms with Gasteiger partial charge in [-0.3, -0.25) is 14.3 Å². The summed E-state index contributed by atoms with van der Waals surface area (Å²) in [4.78, 5) is 22.6. The number of carbonyl (C=O) groups is 2. The Morgan fingerprint density at radius 3 is 2.50 bits per heavy atom. The van der Waals surface area contributed by atoms with Gasteiger partial charge in [-0.2, -0.15) is 5.43 Å². The van der Waals surface area contributed by atoms with Crippen LogP contribution in [0.3, 0.4) is 0 Å². The summed E-state index contributed by atoms with van der Waals surface area (Å²) >= 11 is 0. The third-order valence-electron chi connectivity index (χ3n) is 3.60. The lowest BCUT2D eigenvalue weighted by molar-refractivity contribution is -0.920. The zero-order valence-electron chi connectivity index (χ0n) is 11.1. The highest BCUT2D eigenvalue weighted by Gasteiger charge is 2.30. The topological polar surface area (TPSA) is 81.3 Å². The van der Waals surface area contributed by atoms with Gasteiger partial charge in [0.1, 0.15) is 19.1 Å². The third-order valence-corrected chi connectivity index (χ3v) is 3.60. The first-order chi connectivity index (χ1) is 8.52. The molecule has 6 heteroatoms. The number of hydrogen-bond acceptors (Lipinski definition) is 3. The monoisotopic (exact) mass is 257 g/mol. The van der Waals surface area contributed by atoms with Crippen molar-refractivity contribution in [2.45, 2.75) is 45.6 Å². The standard InChI is InChI=1S/C12H23N3O3/c1-3-10(2)11(13-9-16)12(17)14-15(18)7-5-4-6-8-15/h9-11H,3-8H2,1-2H3,(H,13,16)(H,14,17). The fourth-order valence-corrected chi connectivity index (χ4v) is 2.21. The Labute approximate surface area is 108 Å². The lowest BCUT2D eigenvalue weighted by Crippen LogP contribution is -2.62. The Bertz CT molecular complexity index is 290. The molecule has 1 saturated heterocycles. The van der Waals surface area contributed by atoms with Crippen LogP contribution >= 0.6 is 0 Å². The molecule has 18 heavy (non-hydrogen) atoms. The molecule has 0 saturated carbocycles. The number of nitrogens with one attached hydrogen (secondary N) is 2. The second-order valence-electron chi connectivity index (χ2n) is 5.02. The van der Waals surface area contributed by atoms with Gasteiger partial charge in [0.25, 0.3) is 5.91 Å². The van der Waals surface area contributed by atoms with Gasteiger partial charge < -0.3 is 10.5 Å². The first kappa shape index (κ1) is 14.9. The highest BCUT2D eigenvalue weighted by Crippen LogP contribution is 2.15. The fourth-order valence-electron chi connectivity index (χ4n) is 2.21. The minimum Gasteiger partial charge on any atom is -0.606 e. The largest absolute Gasteiger partial charge is 0.606 e. The maximum absolute atomic E-state index is 12.2. The van der Waals surface area contributed by atoms with Crippen molar-refractivity contribution in [3.63, 3.8) is 0 Å². The van der Waals surface area contributed by atoms with Crippen LogP contribution in [0.15, 0.2) is 0 Å². The summed E-state index contributed by atoms with van der Waals surface area (Å²) in [5, 5.41) is 14.7. The van der Waals surface area contributed by atoms with Crippen LogP contribution in [0.2, 0.25) is 0 Å². The highest BCUT2D eigenvalue weighted by molar-refractivity contribution is 5.82. The molecular weight excluding hydrogens is 234 g/mol. The average Bonchev–Trinajstić information content (AvgIpc) is 2.35. The molecule has 0 aliphatic carbocycles. The van der Waals surface area contributed by atoms with E-state index < -0.39 is 10.8 Å². The number of rotatable bonds is 6. The number of nitrogens with zero attached hydrogens (tertiary/aromatic N) is 1.